The standard InChI is InChI=1S/C13H12ClNO2S/c1-2-7-15-10(11-4-3-8-18-11)6-5-9(12(14)16)13(15)17/h3-6,8H,2,7H2,1H3. The Morgan fingerprint density at radius 2 is 2.17 bits per heavy atom. The molecule has 0 fully saturated rings. The largest absolute Gasteiger partial charge is 0.307 e. The van der Waals surface area contributed by atoms with Gasteiger partial charge in [0.2, 0.25) is 0 Å². The van der Waals surface area contributed by atoms with E-state index in [1.54, 1.807) is 22.0 Å². The molecule has 2 aromatic rings. The van der Waals surface area contributed by atoms with Gasteiger partial charge in [-0.2, -0.15) is 0 Å². The molecule has 0 bridgehead atoms. The molecule has 0 aliphatic carbocycles. The zero-order chi connectivity index (χ0) is 13.1. The van der Waals surface area contributed by atoms with Gasteiger partial charge in [0.1, 0.15) is 0 Å². The summed E-state index contributed by atoms with van der Waals surface area (Å²) in [5.74, 6) is 0. The van der Waals surface area contributed by atoms with Gasteiger partial charge in [-0.05, 0) is 41.6 Å². The summed E-state index contributed by atoms with van der Waals surface area (Å²) in [6, 6.07) is 7.16. The average molecular weight is 282 g/mol. The second-order valence-electron chi connectivity index (χ2n) is 3.84. The number of rotatable bonds is 4. The van der Waals surface area contributed by atoms with Crippen LogP contribution in [0.3, 0.4) is 0 Å². The first-order chi connectivity index (χ1) is 8.65. The van der Waals surface area contributed by atoms with Gasteiger partial charge in [-0.25, -0.2) is 0 Å². The maximum Gasteiger partial charge on any atom is 0.263 e. The molecule has 0 saturated carbocycles. The third-order valence-corrected chi connectivity index (χ3v) is 3.70. The third kappa shape index (κ3) is 2.40. The molecule has 0 amide bonds. The molecular formula is C13H12ClNO2S. The fraction of sp³-hybridized carbons (Fsp3) is 0.231. The van der Waals surface area contributed by atoms with Crippen molar-refractivity contribution in [2.75, 3.05) is 0 Å². The Labute approximate surface area is 114 Å². The van der Waals surface area contributed by atoms with E-state index < -0.39 is 5.24 Å². The molecule has 3 nitrogen and oxygen atoms in total. The van der Waals surface area contributed by atoms with Gasteiger partial charge in [-0.3, -0.25) is 9.59 Å². The Morgan fingerprint density at radius 1 is 1.39 bits per heavy atom. The highest BCUT2D eigenvalue weighted by atomic mass is 35.5. The van der Waals surface area contributed by atoms with Gasteiger partial charge >= 0.3 is 0 Å². The summed E-state index contributed by atoms with van der Waals surface area (Å²) in [7, 11) is 0. The molecule has 0 spiro atoms. The second-order valence-corrected chi connectivity index (χ2v) is 5.13. The lowest BCUT2D eigenvalue weighted by Crippen LogP contribution is -2.26. The lowest BCUT2D eigenvalue weighted by Gasteiger charge is -2.11. The zero-order valence-electron chi connectivity index (χ0n) is 9.85. The smallest absolute Gasteiger partial charge is 0.263 e. The Kier molecular flexibility index (Phi) is 3.99. The minimum absolute atomic E-state index is 0.0328. The highest BCUT2D eigenvalue weighted by Crippen LogP contribution is 2.24. The minimum Gasteiger partial charge on any atom is -0.307 e. The molecule has 0 saturated heterocycles. The molecule has 5 heteroatoms. The zero-order valence-corrected chi connectivity index (χ0v) is 11.4. The van der Waals surface area contributed by atoms with Crippen molar-refractivity contribution in [1.29, 1.82) is 0 Å². The van der Waals surface area contributed by atoms with Crippen molar-refractivity contribution in [3.8, 4) is 10.6 Å². The first kappa shape index (κ1) is 13.1. The van der Waals surface area contributed by atoms with Crippen LogP contribution < -0.4 is 5.56 Å². The van der Waals surface area contributed by atoms with Crippen LogP contribution in [0.4, 0.5) is 0 Å². The van der Waals surface area contributed by atoms with Crippen molar-refractivity contribution >= 4 is 28.2 Å². The summed E-state index contributed by atoms with van der Waals surface area (Å²) < 4.78 is 1.61. The Balaban J connectivity index is 2.65. The number of carbonyl (C=O) groups excluding carboxylic acids is 1. The van der Waals surface area contributed by atoms with Gasteiger partial charge in [-0.1, -0.05) is 13.0 Å². The van der Waals surface area contributed by atoms with E-state index in [-0.39, 0.29) is 11.1 Å². The normalized spacial score (nSPS) is 10.6. The molecular weight excluding hydrogens is 270 g/mol. The van der Waals surface area contributed by atoms with Crippen molar-refractivity contribution in [3.05, 3.63) is 45.6 Å². The van der Waals surface area contributed by atoms with Crippen molar-refractivity contribution in [1.82, 2.24) is 4.57 Å². The van der Waals surface area contributed by atoms with E-state index >= 15 is 0 Å². The fourth-order valence-electron chi connectivity index (χ4n) is 1.81. The number of pyridine rings is 1. The molecule has 0 aromatic carbocycles. The van der Waals surface area contributed by atoms with Gasteiger partial charge in [0.25, 0.3) is 10.8 Å². The molecule has 0 aliphatic rings. The Hall–Kier alpha value is -1.39. The number of aromatic nitrogens is 1. The van der Waals surface area contributed by atoms with Crippen molar-refractivity contribution in [3.63, 3.8) is 0 Å². The van der Waals surface area contributed by atoms with Crippen LogP contribution in [0.1, 0.15) is 23.7 Å². The van der Waals surface area contributed by atoms with Crippen molar-refractivity contribution in [2.24, 2.45) is 0 Å². The molecule has 0 radical (unpaired) electrons. The van der Waals surface area contributed by atoms with Crippen LogP contribution >= 0.6 is 22.9 Å². The number of halogens is 1. The summed E-state index contributed by atoms with van der Waals surface area (Å²) >= 11 is 6.97. The fourth-order valence-corrected chi connectivity index (χ4v) is 2.72. The molecule has 18 heavy (non-hydrogen) atoms. The Morgan fingerprint density at radius 3 is 2.72 bits per heavy atom. The molecule has 0 aliphatic heterocycles. The molecule has 2 heterocycles. The second kappa shape index (κ2) is 5.50. The number of hydrogen-bond donors (Lipinski definition) is 0. The first-order valence-corrected chi connectivity index (χ1v) is 6.88. The van der Waals surface area contributed by atoms with Crippen LogP contribution in [0.15, 0.2) is 34.4 Å². The summed E-state index contributed by atoms with van der Waals surface area (Å²) in [5, 5.41) is 1.25. The highest BCUT2D eigenvalue weighted by molar-refractivity contribution is 7.13. The van der Waals surface area contributed by atoms with Gasteiger partial charge in [0.15, 0.2) is 0 Å². The number of nitrogens with zero attached hydrogens (tertiary/aromatic N) is 1. The van der Waals surface area contributed by atoms with Crippen LogP contribution in [0, 0.1) is 0 Å². The first-order valence-electron chi connectivity index (χ1n) is 5.62. The van der Waals surface area contributed by atoms with Gasteiger partial charge in [0.05, 0.1) is 16.1 Å². The van der Waals surface area contributed by atoms with E-state index in [4.69, 9.17) is 11.6 Å². The molecule has 0 N–H and O–H groups in total. The predicted molar refractivity (Wildman–Crippen MR) is 74.5 cm³/mol. The number of hydrogen-bond acceptors (Lipinski definition) is 3. The van der Waals surface area contributed by atoms with Gasteiger partial charge < -0.3 is 4.57 Å². The molecule has 0 unspecified atom stereocenters. The Bertz CT molecular complexity index is 616. The lowest BCUT2D eigenvalue weighted by atomic mass is 10.2. The average Bonchev–Trinajstić information content (AvgIpc) is 2.84. The van der Waals surface area contributed by atoms with Crippen molar-refractivity contribution in [2.45, 2.75) is 19.9 Å². The van der Waals surface area contributed by atoms with E-state index in [2.05, 4.69) is 0 Å². The molecule has 0 atom stereocenters. The third-order valence-electron chi connectivity index (χ3n) is 2.61. The van der Waals surface area contributed by atoms with Crippen LogP contribution in [0.5, 0.6) is 0 Å². The minimum atomic E-state index is -0.706. The molecule has 2 rings (SSSR count). The van der Waals surface area contributed by atoms with Crippen LogP contribution in [0.25, 0.3) is 10.6 Å². The number of carbonyl (C=O) groups is 1. The SMILES string of the molecule is CCCn1c(-c2cccs2)ccc(C(=O)Cl)c1=O. The number of thiophene rings is 1. The van der Waals surface area contributed by atoms with E-state index in [1.165, 1.54) is 6.07 Å². The van der Waals surface area contributed by atoms with Crippen LogP contribution in [-0.4, -0.2) is 9.81 Å². The summed E-state index contributed by atoms with van der Waals surface area (Å²) in [6.07, 6.45) is 0.818. The molecule has 94 valence electrons. The quantitative estimate of drug-likeness (QED) is 0.806. The van der Waals surface area contributed by atoms with E-state index in [0.29, 0.717) is 6.54 Å². The molecule has 2 aromatic heterocycles. The van der Waals surface area contributed by atoms with Gasteiger partial charge in [0, 0.05) is 6.54 Å². The van der Waals surface area contributed by atoms with Crippen LogP contribution in [0.2, 0.25) is 0 Å². The maximum atomic E-state index is 12.2. The maximum absolute atomic E-state index is 12.2. The monoisotopic (exact) mass is 281 g/mol. The highest BCUT2D eigenvalue weighted by Gasteiger charge is 2.14. The lowest BCUT2D eigenvalue weighted by molar-refractivity contribution is 0.107. The van der Waals surface area contributed by atoms with Gasteiger partial charge in [-0.15, -0.1) is 11.3 Å². The topological polar surface area (TPSA) is 39.1 Å². The summed E-state index contributed by atoms with van der Waals surface area (Å²) in [6.45, 7) is 2.56. The van der Waals surface area contributed by atoms with E-state index in [9.17, 15) is 9.59 Å². The van der Waals surface area contributed by atoms with E-state index in [1.807, 2.05) is 24.4 Å². The predicted octanol–water partition coefficient (Wildman–Crippen LogP) is 3.37. The van der Waals surface area contributed by atoms with Crippen LogP contribution in [-0.2, 0) is 6.54 Å². The van der Waals surface area contributed by atoms with E-state index in [0.717, 1.165) is 17.0 Å². The summed E-state index contributed by atoms with van der Waals surface area (Å²) in [4.78, 5) is 24.4. The van der Waals surface area contributed by atoms with Crippen molar-refractivity contribution < 1.29 is 4.79 Å². The summed E-state index contributed by atoms with van der Waals surface area (Å²) in [5.41, 5.74) is 0.548.